The van der Waals surface area contributed by atoms with Gasteiger partial charge in [0.1, 0.15) is 28.0 Å². The van der Waals surface area contributed by atoms with Crippen molar-refractivity contribution in [1.29, 1.82) is 0 Å². The summed E-state index contributed by atoms with van der Waals surface area (Å²) < 4.78 is 6.22. The summed E-state index contributed by atoms with van der Waals surface area (Å²) in [5.74, 6) is 0.811. The zero-order valence-corrected chi connectivity index (χ0v) is 23.8. The van der Waals surface area contributed by atoms with Gasteiger partial charge in [-0.2, -0.15) is 0 Å². The third kappa shape index (κ3) is 3.79. The molecule has 45 heavy (non-hydrogen) atoms. The lowest BCUT2D eigenvalue weighted by Gasteiger charge is -2.20. The average molecular weight is 582 g/mol. The Bertz CT molecular complexity index is 2610. The van der Waals surface area contributed by atoms with Crippen LogP contribution in [0, 0.1) is 0 Å². The normalized spacial score (nSPS) is 11.7. The van der Waals surface area contributed by atoms with Gasteiger partial charge < -0.3 is 14.6 Å². The van der Waals surface area contributed by atoms with Gasteiger partial charge in [-0.3, -0.25) is 9.97 Å². The lowest BCUT2D eigenvalue weighted by Crippen LogP contribution is -1.94. The quantitative estimate of drug-likeness (QED) is 0.202. The van der Waals surface area contributed by atoms with Crippen molar-refractivity contribution < 1.29 is 14.6 Å². The van der Waals surface area contributed by atoms with Gasteiger partial charge in [-0.1, -0.05) is 54.6 Å². The van der Waals surface area contributed by atoms with Crippen LogP contribution < -0.4 is 0 Å². The maximum absolute atomic E-state index is 10.7. The van der Waals surface area contributed by atoms with Crippen LogP contribution in [0.1, 0.15) is 0 Å². The van der Waals surface area contributed by atoms with Crippen LogP contribution in [0.15, 0.2) is 132 Å². The summed E-state index contributed by atoms with van der Waals surface area (Å²) in [7, 11) is 0. The number of benzene rings is 6. The van der Waals surface area contributed by atoms with Gasteiger partial charge in [-0.05, 0) is 104 Å². The number of aromatic hydroxyl groups is 2. The molecule has 0 fully saturated rings. The molecule has 0 saturated carbocycles. The monoisotopic (exact) mass is 581 g/mol. The van der Waals surface area contributed by atoms with Crippen molar-refractivity contribution in [3.05, 3.63) is 128 Å². The highest BCUT2D eigenvalue weighted by Gasteiger charge is 2.22. The Morgan fingerprint density at radius 3 is 1.69 bits per heavy atom. The lowest BCUT2D eigenvalue weighted by atomic mass is 9.83. The largest absolute Gasteiger partial charge is 0.506 e. The van der Waals surface area contributed by atoms with E-state index in [1.165, 1.54) is 0 Å². The smallest absolute Gasteiger partial charge is 0.227 e. The van der Waals surface area contributed by atoms with Crippen molar-refractivity contribution in [3.63, 3.8) is 0 Å². The summed E-state index contributed by atoms with van der Waals surface area (Å²) in [5, 5.41) is 27.2. The SMILES string of the molecule is Oc1ccc(-c2c3ccccc3c(-c3ccc(O)c4ncccc34)c3cc(-c4nc5ccccc5o4)ccc23)c2cccnc12. The van der Waals surface area contributed by atoms with E-state index >= 15 is 0 Å². The molecule has 6 aromatic carbocycles. The van der Waals surface area contributed by atoms with Gasteiger partial charge in [-0.25, -0.2) is 4.98 Å². The Labute approximate surface area is 256 Å². The second-order valence-electron chi connectivity index (χ2n) is 11.1. The van der Waals surface area contributed by atoms with Gasteiger partial charge in [0.05, 0.1) is 0 Å². The van der Waals surface area contributed by atoms with Gasteiger partial charge in [0, 0.05) is 28.7 Å². The molecule has 0 bridgehead atoms. The van der Waals surface area contributed by atoms with Crippen molar-refractivity contribution in [2.45, 2.75) is 0 Å². The first-order chi connectivity index (χ1) is 22.2. The fourth-order valence-corrected chi connectivity index (χ4v) is 6.64. The van der Waals surface area contributed by atoms with Crippen LogP contribution in [-0.4, -0.2) is 25.2 Å². The summed E-state index contributed by atoms with van der Waals surface area (Å²) in [6.07, 6.45) is 3.39. The minimum Gasteiger partial charge on any atom is -0.506 e. The van der Waals surface area contributed by atoms with Gasteiger partial charge >= 0.3 is 0 Å². The molecular weight excluding hydrogens is 558 g/mol. The van der Waals surface area contributed by atoms with Crippen molar-refractivity contribution in [2.75, 3.05) is 0 Å². The van der Waals surface area contributed by atoms with E-state index in [-0.39, 0.29) is 11.5 Å². The number of rotatable bonds is 3. The number of phenolic OH excluding ortho intramolecular Hbond substituents is 2. The summed E-state index contributed by atoms with van der Waals surface area (Å²) >= 11 is 0. The average Bonchev–Trinajstić information content (AvgIpc) is 3.53. The molecular formula is C39H23N3O3. The number of hydrogen-bond donors (Lipinski definition) is 2. The van der Waals surface area contributed by atoms with Crippen LogP contribution in [0.3, 0.4) is 0 Å². The van der Waals surface area contributed by atoms with Crippen LogP contribution in [0.2, 0.25) is 0 Å². The minimum absolute atomic E-state index is 0.134. The summed E-state index contributed by atoms with van der Waals surface area (Å²) in [4.78, 5) is 13.8. The number of oxazole rings is 1. The molecule has 9 rings (SSSR count). The standard InChI is InChI=1S/C39H23N3O3/c43-32-17-15-25(28-9-5-19-40-37(28)32)35-23-7-1-2-8-24(23)36(26-16-18-33(44)38-29(26)10-6-20-41-38)30-21-22(13-14-27(30)35)39-42-31-11-3-4-12-34(31)45-39/h1-21,43-44H. The lowest BCUT2D eigenvalue weighted by molar-refractivity contribution is 0.480. The molecule has 0 aliphatic rings. The van der Waals surface area contributed by atoms with Crippen LogP contribution in [0.5, 0.6) is 11.5 Å². The van der Waals surface area contributed by atoms with E-state index < -0.39 is 0 Å². The second-order valence-corrected chi connectivity index (χ2v) is 11.1. The Kier molecular flexibility index (Phi) is 5.40. The molecule has 2 N–H and O–H groups in total. The van der Waals surface area contributed by atoms with E-state index in [1.807, 2.05) is 78.9 Å². The predicted octanol–water partition coefficient (Wildman–Crippen LogP) is 9.64. The Morgan fingerprint density at radius 2 is 1.04 bits per heavy atom. The molecule has 0 aliphatic carbocycles. The van der Waals surface area contributed by atoms with E-state index in [9.17, 15) is 10.2 Å². The van der Waals surface area contributed by atoms with E-state index in [1.54, 1.807) is 24.5 Å². The van der Waals surface area contributed by atoms with E-state index in [4.69, 9.17) is 9.40 Å². The predicted molar refractivity (Wildman–Crippen MR) is 179 cm³/mol. The van der Waals surface area contributed by atoms with Crippen molar-refractivity contribution in [1.82, 2.24) is 15.0 Å². The van der Waals surface area contributed by atoms with Gasteiger partial charge in [-0.15, -0.1) is 0 Å². The fraction of sp³-hybridized carbons (Fsp3) is 0. The van der Waals surface area contributed by atoms with Gasteiger partial charge in [0.25, 0.3) is 0 Å². The summed E-state index contributed by atoms with van der Waals surface area (Å²) in [5.41, 5.74) is 7.44. The Hall–Kier alpha value is -6.27. The highest BCUT2D eigenvalue weighted by Crippen LogP contribution is 2.48. The van der Waals surface area contributed by atoms with Gasteiger partial charge in [0.2, 0.25) is 5.89 Å². The molecule has 3 heterocycles. The second kappa shape index (κ2) is 9.62. The first-order valence-electron chi connectivity index (χ1n) is 14.6. The van der Waals surface area contributed by atoms with E-state index in [0.717, 1.165) is 71.2 Å². The zero-order chi connectivity index (χ0) is 30.1. The molecule has 6 nitrogen and oxygen atoms in total. The first-order valence-corrected chi connectivity index (χ1v) is 14.6. The third-order valence-corrected chi connectivity index (χ3v) is 8.60. The highest BCUT2D eigenvalue weighted by atomic mass is 16.3. The molecule has 6 heteroatoms. The van der Waals surface area contributed by atoms with Crippen molar-refractivity contribution >= 4 is 54.5 Å². The zero-order valence-electron chi connectivity index (χ0n) is 23.8. The van der Waals surface area contributed by atoms with Crippen molar-refractivity contribution in [3.8, 4) is 45.2 Å². The van der Waals surface area contributed by atoms with Crippen LogP contribution >= 0.6 is 0 Å². The Balaban J connectivity index is 1.46. The van der Waals surface area contributed by atoms with Crippen LogP contribution in [-0.2, 0) is 0 Å². The molecule has 0 amide bonds. The fourth-order valence-electron chi connectivity index (χ4n) is 6.64. The molecule has 3 aromatic heterocycles. The maximum atomic E-state index is 10.7. The van der Waals surface area contributed by atoms with Gasteiger partial charge in [0.15, 0.2) is 5.58 Å². The molecule has 0 atom stereocenters. The van der Waals surface area contributed by atoms with Crippen LogP contribution in [0.25, 0.3) is 88.2 Å². The van der Waals surface area contributed by atoms with Crippen LogP contribution in [0.4, 0.5) is 0 Å². The Morgan fingerprint density at radius 1 is 0.489 bits per heavy atom. The molecule has 0 unspecified atom stereocenters. The molecule has 0 spiro atoms. The third-order valence-electron chi connectivity index (χ3n) is 8.60. The number of aromatic nitrogens is 3. The molecule has 0 radical (unpaired) electrons. The minimum atomic E-state index is 0.134. The number of fused-ring (bicyclic) bond motifs is 5. The summed E-state index contributed by atoms with van der Waals surface area (Å²) in [6.45, 7) is 0. The number of phenols is 2. The van der Waals surface area contributed by atoms with Crippen molar-refractivity contribution in [2.24, 2.45) is 0 Å². The molecule has 212 valence electrons. The summed E-state index contributed by atoms with van der Waals surface area (Å²) in [6, 6.07) is 37.6. The maximum Gasteiger partial charge on any atom is 0.227 e. The van der Waals surface area contributed by atoms with E-state index in [2.05, 4.69) is 34.2 Å². The highest BCUT2D eigenvalue weighted by molar-refractivity contribution is 6.25. The first kappa shape index (κ1) is 25.2. The number of pyridine rings is 2. The van der Waals surface area contributed by atoms with E-state index in [0.29, 0.717) is 16.9 Å². The number of hydrogen-bond acceptors (Lipinski definition) is 6. The number of para-hydroxylation sites is 2. The molecule has 9 aromatic rings. The molecule has 0 saturated heterocycles. The topological polar surface area (TPSA) is 92.3 Å². The molecule has 0 aliphatic heterocycles. The number of nitrogens with zero attached hydrogens (tertiary/aromatic N) is 3.